The van der Waals surface area contributed by atoms with Crippen LogP contribution in [-0.2, 0) is 0 Å². The summed E-state index contributed by atoms with van der Waals surface area (Å²) in [4.78, 5) is 2.41. The van der Waals surface area contributed by atoms with Crippen molar-refractivity contribution in [1.29, 1.82) is 0 Å². The van der Waals surface area contributed by atoms with Gasteiger partial charge in [0.25, 0.3) is 0 Å². The van der Waals surface area contributed by atoms with Crippen molar-refractivity contribution in [3.8, 4) is 0 Å². The van der Waals surface area contributed by atoms with Crippen LogP contribution in [0.15, 0.2) is 0 Å². The lowest BCUT2D eigenvalue weighted by Gasteiger charge is -2.26. The van der Waals surface area contributed by atoms with E-state index in [2.05, 4.69) is 18.9 Å². The number of hydrogen-bond acceptors (Lipinski definition) is 1. The molecule has 1 rings (SSSR count). The lowest BCUT2D eigenvalue weighted by atomic mass is 10.0. The van der Waals surface area contributed by atoms with Gasteiger partial charge in [-0.05, 0) is 32.4 Å². The Morgan fingerprint density at radius 3 is 2.44 bits per heavy atom. The molecule has 0 aromatic rings. The summed E-state index contributed by atoms with van der Waals surface area (Å²) >= 11 is 0. The number of halogens is 1. The van der Waals surface area contributed by atoms with E-state index in [-0.39, 0.29) is 12.4 Å². The van der Waals surface area contributed by atoms with E-state index in [4.69, 9.17) is 0 Å². The first-order valence-corrected chi connectivity index (χ1v) is 3.47. The maximum atomic E-state index is 2.41. The van der Waals surface area contributed by atoms with Crippen molar-refractivity contribution >= 4 is 12.4 Å². The summed E-state index contributed by atoms with van der Waals surface area (Å²) < 4.78 is 0. The van der Waals surface area contributed by atoms with E-state index < -0.39 is 0 Å². The molecule has 1 heterocycles. The van der Waals surface area contributed by atoms with Crippen LogP contribution >= 0.6 is 12.4 Å². The Labute approximate surface area is 63.8 Å². The summed E-state index contributed by atoms with van der Waals surface area (Å²) in [6.07, 6.45) is 2.84. The van der Waals surface area contributed by atoms with Crippen molar-refractivity contribution in [2.75, 3.05) is 20.1 Å². The molecule has 1 aliphatic heterocycles. The normalized spacial score (nSPS) is 29.3. The third kappa shape index (κ3) is 3.07. The average molecular weight is 150 g/mol. The molecule has 0 saturated carbocycles. The van der Waals surface area contributed by atoms with Crippen molar-refractivity contribution in [1.82, 2.24) is 4.90 Å². The standard InChI is InChI=1S/C7H15N.ClH/c1-7-4-3-5-8(2)6-7;/h7H,3-6H2,1-2H3;1H. The maximum absolute atomic E-state index is 2.41. The zero-order valence-electron chi connectivity index (χ0n) is 6.26. The van der Waals surface area contributed by atoms with Gasteiger partial charge >= 0.3 is 0 Å². The van der Waals surface area contributed by atoms with E-state index in [0.29, 0.717) is 0 Å². The quantitative estimate of drug-likeness (QED) is 0.508. The minimum Gasteiger partial charge on any atom is -0.306 e. The molecule has 1 aliphatic rings. The molecule has 0 radical (unpaired) electrons. The van der Waals surface area contributed by atoms with Crippen molar-refractivity contribution in [3.05, 3.63) is 0 Å². The van der Waals surface area contributed by atoms with Crippen LogP contribution in [0.2, 0.25) is 0 Å². The molecule has 0 bridgehead atoms. The van der Waals surface area contributed by atoms with Crippen LogP contribution < -0.4 is 0 Å². The van der Waals surface area contributed by atoms with Gasteiger partial charge < -0.3 is 4.90 Å². The minimum atomic E-state index is 0. The van der Waals surface area contributed by atoms with Gasteiger partial charge in [0.2, 0.25) is 0 Å². The van der Waals surface area contributed by atoms with Crippen LogP contribution in [0.25, 0.3) is 0 Å². The second-order valence-corrected chi connectivity index (χ2v) is 3.01. The number of rotatable bonds is 0. The van der Waals surface area contributed by atoms with E-state index in [0.717, 1.165) is 5.92 Å². The van der Waals surface area contributed by atoms with E-state index in [1.165, 1.54) is 25.9 Å². The van der Waals surface area contributed by atoms with E-state index >= 15 is 0 Å². The molecular formula is C7H16ClN. The highest BCUT2D eigenvalue weighted by Gasteiger charge is 2.11. The van der Waals surface area contributed by atoms with E-state index in [1.807, 2.05) is 0 Å². The zero-order chi connectivity index (χ0) is 5.98. The van der Waals surface area contributed by atoms with Crippen molar-refractivity contribution < 1.29 is 0 Å². The smallest absolute Gasteiger partial charge is 0.000398 e. The minimum absolute atomic E-state index is 0. The molecule has 0 aromatic heterocycles. The van der Waals surface area contributed by atoms with Gasteiger partial charge in [-0.2, -0.15) is 0 Å². The molecule has 0 amide bonds. The molecule has 56 valence electrons. The van der Waals surface area contributed by atoms with Gasteiger partial charge in [-0.15, -0.1) is 12.4 Å². The summed E-state index contributed by atoms with van der Waals surface area (Å²) in [5.74, 6) is 0.939. The zero-order valence-corrected chi connectivity index (χ0v) is 7.08. The van der Waals surface area contributed by atoms with Gasteiger partial charge in [0.1, 0.15) is 0 Å². The van der Waals surface area contributed by atoms with Crippen molar-refractivity contribution in [2.45, 2.75) is 19.8 Å². The third-order valence-corrected chi connectivity index (χ3v) is 1.86. The number of piperidine rings is 1. The largest absolute Gasteiger partial charge is 0.306 e. The summed E-state index contributed by atoms with van der Waals surface area (Å²) in [7, 11) is 2.20. The first-order valence-electron chi connectivity index (χ1n) is 3.47. The summed E-state index contributed by atoms with van der Waals surface area (Å²) in [5, 5.41) is 0. The Morgan fingerprint density at radius 1 is 1.44 bits per heavy atom. The lowest BCUT2D eigenvalue weighted by Crippen LogP contribution is -2.30. The topological polar surface area (TPSA) is 3.24 Å². The summed E-state index contributed by atoms with van der Waals surface area (Å²) in [6.45, 7) is 4.94. The molecule has 1 saturated heterocycles. The van der Waals surface area contributed by atoms with Crippen LogP contribution in [-0.4, -0.2) is 25.0 Å². The predicted octanol–water partition coefficient (Wildman–Crippen LogP) is 1.77. The fourth-order valence-electron chi connectivity index (χ4n) is 1.42. The first-order chi connectivity index (χ1) is 3.79. The molecule has 0 spiro atoms. The second kappa shape index (κ2) is 4.13. The Balaban J connectivity index is 0.000000640. The highest BCUT2D eigenvalue weighted by molar-refractivity contribution is 5.85. The fourth-order valence-corrected chi connectivity index (χ4v) is 1.42. The maximum Gasteiger partial charge on any atom is 0.000398 e. The summed E-state index contributed by atoms with van der Waals surface area (Å²) in [6, 6.07) is 0. The van der Waals surface area contributed by atoms with Crippen LogP contribution in [0.1, 0.15) is 19.8 Å². The summed E-state index contributed by atoms with van der Waals surface area (Å²) in [5.41, 5.74) is 0. The van der Waals surface area contributed by atoms with Gasteiger partial charge in [0.05, 0.1) is 0 Å². The molecule has 1 unspecified atom stereocenters. The number of nitrogens with zero attached hydrogens (tertiary/aromatic N) is 1. The van der Waals surface area contributed by atoms with Gasteiger partial charge in [-0.1, -0.05) is 6.92 Å². The number of likely N-dealkylation sites (tertiary alicyclic amines) is 1. The number of hydrogen-bond donors (Lipinski definition) is 0. The van der Waals surface area contributed by atoms with Crippen molar-refractivity contribution in [3.63, 3.8) is 0 Å². The van der Waals surface area contributed by atoms with E-state index in [9.17, 15) is 0 Å². The highest BCUT2D eigenvalue weighted by Crippen LogP contribution is 2.12. The average Bonchev–Trinajstić information content (AvgIpc) is 1.64. The Hall–Kier alpha value is 0.250. The van der Waals surface area contributed by atoms with Crippen LogP contribution in [0.4, 0.5) is 0 Å². The molecule has 0 N–H and O–H groups in total. The molecule has 0 aromatic carbocycles. The lowest BCUT2D eigenvalue weighted by molar-refractivity contribution is 0.221. The van der Waals surface area contributed by atoms with Crippen LogP contribution in [0.5, 0.6) is 0 Å². The Kier molecular flexibility index (Phi) is 4.24. The van der Waals surface area contributed by atoms with Gasteiger partial charge in [-0.3, -0.25) is 0 Å². The first kappa shape index (κ1) is 9.25. The van der Waals surface area contributed by atoms with Gasteiger partial charge in [0.15, 0.2) is 0 Å². The van der Waals surface area contributed by atoms with E-state index in [1.54, 1.807) is 0 Å². The van der Waals surface area contributed by atoms with Crippen molar-refractivity contribution in [2.24, 2.45) is 5.92 Å². The highest BCUT2D eigenvalue weighted by atomic mass is 35.5. The Morgan fingerprint density at radius 2 is 2.11 bits per heavy atom. The van der Waals surface area contributed by atoms with Crippen LogP contribution in [0.3, 0.4) is 0 Å². The monoisotopic (exact) mass is 149 g/mol. The Bertz CT molecular complexity index is 67.3. The molecule has 1 fully saturated rings. The van der Waals surface area contributed by atoms with Crippen LogP contribution in [0, 0.1) is 5.92 Å². The molecule has 9 heavy (non-hydrogen) atoms. The predicted molar refractivity (Wildman–Crippen MR) is 43.1 cm³/mol. The molecule has 0 aliphatic carbocycles. The molecule has 1 nitrogen and oxygen atoms in total. The molecule has 2 heteroatoms. The van der Waals surface area contributed by atoms with Gasteiger partial charge in [-0.25, -0.2) is 0 Å². The van der Waals surface area contributed by atoms with Gasteiger partial charge in [0, 0.05) is 6.54 Å². The third-order valence-electron chi connectivity index (χ3n) is 1.86. The second-order valence-electron chi connectivity index (χ2n) is 3.01. The fraction of sp³-hybridized carbons (Fsp3) is 1.00. The molecular weight excluding hydrogens is 134 g/mol. The SMILES string of the molecule is CC1CCCN(C)C1.Cl. The molecule has 1 atom stereocenters.